The number of carbonyl (C=O) groups excluding carboxylic acids is 1. The van der Waals surface area contributed by atoms with Crippen molar-refractivity contribution < 1.29 is 32.3 Å². The van der Waals surface area contributed by atoms with Crippen molar-refractivity contribution in [2.45, 2.75) is 36.8 Å². The van der Waals surface area contributed by atoms with Gasteiger partial charge in [0.2, 0.25) is 10.0 Å². The third-order valence-electron chi connectivity index (χ3n) is 4.57. The molecule has 0 spiro atoms. The van der Waals surface area contributed by atoms with E-state index in [1.54, 1.807) is 6.92 Å². The molecule has 2 atom stereocenters. The van der Waals surface area contributed by atoms with E-state index in [9.17, 15) is 22.7 Å². The van der Waals surface area contributed by atoms with Crippen LogP contribution < -0.4 is 10.0 Å². The Morgan fingerprint density at radius 1 is 1.44 bits per heavy atom. The Kier molecular flexibility index (Phi) is 8.26. The molecule has 0 bridgehead atoms. The molecular weight excluding hydrogens is 463 g/mol. The van der Waals surface area contributed by atoms with Gasteiger partial charge in [-0.1, -0.05) is 35.5 Å². The predicted molar refractivity (Wildman–Crippen MR) is 115 cm³/mol. The van der Waals surface area contributed by atoms with Crippen LogP contribution in [0.2, 0.25) is 0 Å². The quantitative estimate of drug-likeness (QED) is 0.341. The number of hydrogen-bond acceptors (Lipinski definition) is 9. The van der Waals surface area contributed by atoms with E-state index in [1.807, 2.05) is 0 Å². The minimum Gasteiger partial charge on any atom is -0.395 e. The maximum absolute atomic E-state index is 13.2. The first kappa shape index (κ1) is 24.2. The standard InChI is InChI=1S/C19H23FN4O6S2/c1-2-13(10-25)24-32(27,28)15-5-3-12(4-6-15)17(23-30-14-7-8-29-11-14)18(26)22-19-21-9-16(20)31-19/h3-6,9,13-14,24-25H,2,7-8,10-11H2,1H3,(H,21,22,26)/t13-,14+/m0/s1. The molecule has 0 aliphatic carbocycles. The molecule has 10 nitrogen and oxygen atoms in total. The Labute approximate surface area is 188 Å². The summed E-state index contributed by atoms with van der Waals surface area (Å²) in [5, 5.41) is 15.1. The van der Waals surface area contributed by atoms with Gasteiger partial charge in [0.15, 0.2) is 22.1 Å². The highest BCUT2D eigenvalue weighted by Crippen LogP contribution is 2.18. The van der Waals surface area contributed by atoms with Crippen LogP contribution in [0.5, 0.6) is 0 Å². The van der Waals surface area contributed by atoms with E-state index < -0.39 is 27.1 Å². The number of aliphatic hydroxyl groups excluding tert-OH is 1. The number of amides is 1. The van der Waals surface area contributed by atoms with Crippen LogP contribution in [-0.2, 0) is 24.4 Å². The number of nitrogens with zero attached hydrogens (tertiary/aromatic N) is 2. The van der Waals surface area contributed by atoms with E-state index >= 15 is 0 Å². The summed E-state index contributed by atoms with van der Waals surface area (Å²) in [5.41, 5.74) is 0.151. The summed E-state index contributed by atoms with van der Waals surface area (Å²) in [7, 11) is -3.87. The molecule has 174 valence electrons. The average molecular weight is 487 g/mol. The molecule has 3 N–H and O–H groups in total. The number of sulfonamides is 1. The van der Waals surface area contributed by atoms with E-state index in [-0.39, 0.29) is 34.0 Å². The number of aromatic nitrogens is 1. The topological polar surface area (TPSA) is 139 Å². The molecule has 32 heavy (non-hydrogen) atoms. The first-order valence-electron chi connectivity index (χ1n) is 9.80. The average Bonchev–Trinajstić information content (AvgIpc) is 3.44. The van der Waals surface area contributed by atoms with E-state index in [4.69, 9.17) is 9.57 Å². The van der Waals surface area contributed by atoms with Gasteiger partial charge < -0.3 is 14.7 Å². The fourth-order valence-electron chi connectivity index (χ4n) is 2.75. The second-order valence-corrected chi connectivity index (χ2v) is 9.58. The maximum Gasteiger partial charge on any atom is 0.280 e. The SMILES string of the molecule is CC[C@@H](CO)NS(=O)(=O)c1ccc(C(=NO[C@@H]2CCOC2)C(=O)Nc2ncc(F)s2)cc1. The van der Waals surface area contributed by atoms with E-state index in [1.165, 1.54) is 24.3 Å². The highest BCUT2D eigenvalue weighted by Gasteiger charge is 2.23. The summed E-state index contributed by atoms with van der Waals surface area (Å²) < 4.78 is 45.9. The van der Waals surface area contributed by atoms with Crippen LogP contribution in [0.1, 0.15) is 25.3 Å². The number of thiazole rings is 1. The molecule has 1 aliphatic heterocycles. The molecule has 0 saturated carbocycles. The number of oxime groups is 1. The number of benzene rings is 1. The van der Waals surface area contributed by atoms with Crippen LogP contribution in [0.25, 0.3) is 0 Å². The van der Waals surface area contributed by atoms with Crippen LogP contribution in [0.3, 0.4) is 0 Å². The van der Waals surface area contributed by atoms with Crippen molar-refractivity contribution in [2.24, 2.45) is 5.16 Å². The van der Waals surface area contributed by atoms with Gasteiger partial charge in [-0.25, -0.2) is 18.1 Å². The molecule has 0 unspecified atom stereocenters. The minimum absolute atomic E-state index is 0.0417. The number of anilines is 1. The van der Waals surface area contributed by atoms with Gasteiger partial charge in [-0.3, -0.25) is 10.1 Å². The summed E-state index contributed by atoms with van der Waals surface area (Å²) >= 11 is 0.654. The normalized spacial score (nSPS) is 17.8. The van der Waals surface area contributed by atoms with E-state index in [0.717, 1.165) is 6.20 Å². The third-order valence-corrected chi connectivity index (χ3v) is 6.80. The number of carbonyl (C=O) groups is 1. The molecule has 1 fully saturated rings. The molecule has 1 aliphatic rings. The summed E-state index contributed by atoms with van der Waals surface area (Å²) in [6.45, 7) is 2.27. The zero-order valence-corrected chi connectivity index (χ0v) is 18.8. The Hall–Kier alpha value is -2.45. The van der Waals surface area contributed by atoms with E-state index in [2.05, 4.69) is 20.2 Å². The van der Waals surface area contributed by atoms with Crippen LogP contribution >= 0.6 is 11.3 Å². The van der Waals surface area contributed by atoms with Crippen LogP contribution in [0.15, 0.2) is 40.5 Å². The Bertz CT molecular complexity index is 1050. The second-order valence-electron chi connectivity index (χ2n) is 6.89. The molecule has 2 heterocycles. The first-order valence-corrected chi connectivity index (χ1v) is 12.1. The summed E-state index contributed by atoms with van der Waals surface area (Å²) in [5.74, 6) is -0.696. The molecule has 1 saturated heterocycles. The fraction of sp³-hybridized carbons (Fsp3) is 0.421. The molecule has 1 amide bonds. The highest BCUT2D eigenvalue weighted by atomic mass is 32.2. The molecule has 3 rings (SSSR count). The number of halogens is 1. The lowest BCUT2D eigenvalue weighted by Gasteiger charge is -2.15. The fourth-order valence-corrected chi connectivity index (χ4v) is 4.60. The summed E-state index contributed by atoms with van der Waals surface area (Å²) in [6.07, 6.45) is 1.70. The highest BCUT2D eigenvalue weighted by molar-refractivity contribution is 7.89. The van der Waals surface area contributed by atoms with Crippen molar-refractivity contribution in [3.63, 3.8) is 0 Å². The second kappa shape index (κ2) is 10.9. The Morgan fingerprint density at radius 2 is 2.19 bits per heavy atom. The lowest BCUT2D eigenvalue weighted by atomic mass is 10.1. The monoisotopic (exact) mass is 486 g/mol. The van der Waals surface area contributed by atoms with Crippen molar-refractivity contribution in [3.8, 4) is 0 Å². The van der Waals surface area contributed by atoms with Gasteiger partial charge in [0, 0.05) is 18.0 Å². The summed E-state index contributed by atoms with van der Waals surface area (Å²) in [6, 6.07) is 4.83. The molecule has 1 aromatic carbocycles. The largest absolute Gasteiger partial charge is 0.395 e. The van der Waals surface area contributed by atoms with Crippen LogP contribution in [0, 0.1) is 5.13 Å². The predicted octanol–water partition coefficient (Wildman–Crippen LogP) is 1.48. The number of hydrogen-bond donors (Lipinski definition) is 3. The lowest BCUT2D eigenvalue weighted by Crippen LogP contribution is -2.36. The minimum atomic E-state index is -3.87. The van der Waals surface area contributed by atoms with Gasteiger partial charge in [-0.05, 0) is 18.6 Å². The van der Waals surface area contributed by atoms with Gasteiger partial charge >= 0.3 is 0 Å². The van der Waals surface area contributed by atoms with Crippen molar-refractivity contribution >= 4 is 38.1 Å². The Balaban J connectivity index is 1.83. The van der Waals surface area contributed by atoms with Crippen LogP contribution in [0.4, 0.5) is 9.52 Å². The smallest absolute Gasteiger partial charge is 0.280 e. The lowest BCUT2D eigenvalue weighted by molar-refractivity contribution is -0.110. The molecule has 2 aromatic rings. The molecule has 13 heteroatoms. The van der Waals surface area contributed by atoms with Gasteiger partial charge in [0.25, 0.3) is 5.91 Å². The number of ether oxygens (including phenoxy) is 1. The zero-order chi connectivity index (χ0) is 23.1. The maximum atomic E-state index is 13.2. The third kappa shape index (κ3) is 6.29. The number of nitrogens with one attached hydrogen (secondary N) is 2. The van der Waals surface area contributed by atoms with Crippen molar-refractivity contribution in [2.75, 3.05) is 25.1 Å². The van der Waals surface area contributed by atoms with Gasteiger partial charge in [0.1, 0.15) is 0 Å². The zero-order valence-electron chi connectivity index (χ0n) is 17.2. The first-order chi connectivity index (χ1) is 15.3. The van der Waals surface area contributed by atoms with E-state index in [0.29, 0.717) is 37.4 Å². The van der Waals surface area contributed by atoms with Crippen molar-refractivity contribution in [1.82, 2.24) is 9.71 Å². The number of aliphatic hydroxyl groups is 1. The number of rotatable bonds is 10. The van der Waals surface area contributed by atoms with Crippen molar-refractivity contribution in [1.29, 1.82) is 0 Å². The summed E-state index contributed by atoms with van der Waals surface area (Å²) in [4.78, 5) is 21.9. The van der Waals surface area contributed by atoms with Gasteiger partial charge in [-0.15, -0.1) is 0 Å². The molecular formula is C19H23FN4O6S2. The van der Waals surface area contributed by atoms with Gasteiger partial charge in [-0.2, -0.15) is 4.39 Å². The molecule has 1 aromatic heterocycles. The van der Waals surface area contributed by atoms with Crippen LogP contribution in [-0.4, -0.2) is 62.1 Å². The Morgan fingerprint density at radius 3 is 2.75 bits per heavy atom. The van der Waals surface area contributed by atoms with Crippen molar-refractivity contribution in [3.05, 3.63) is 41.2 Å². The molecule has 0 radical (unpaired) electrons. The van der Waals surface area contributed by atoms with Gasteiger partial charge in [0.05, 0.1) is 30.9 Å².